The lowest BCUT2D eigenvalue weighted by atomic mass is 10.1. The largest absolute Gasteiger partial charge is 0.495 e. The number of hydrogen-bond donors (Lipinski definition) is 2. The molecular weight excluding hydrogens is 532 g/mol. The van der Waals surface area contributed by atoms with Crippen LogP contribution in [0.5, 0.6) is 5.75 Å². The van der Waals surface area contributed by atoms with Crippen LogP contribution in [0.1, 0.15) is 47.1 Å². The highest BCUT2D eigenvalue weighted by Crippen LogP contribution is 2.55. The average Bonchev–Trinajstić information content (AvgIpc) is 3.33. The number of aryl methyl sites for hydroxylation is 1. The second kappa shape index (κ2) is 10.1. The normalized spacial score (nSPS) is 17.4. The number of rotatable bonds is 9. The third kappa shape index (κ3) is 4.93. The Hall–Kier alpha value is -3.29. The van der Waals surface area contributed by atoms with Crippen molar-refractivity contribution < 1.29 is 23.4 Å². The number of hydrogen-bond acceptors (Lipinski definition) is 8. The fraction of sp³-hybridized carbons (Fsp3) is 0.320. The molecule has 0 bridgehead atoms. The van der Waals surface area contributed by atoms with E-state index in [0.29, 0.717) is 22.5 Å². The monoisotopic (exact) mass is 558 g/mol. The summed E-state index contributed by atoms with van der Waals surface area (Å²) < 4.78 is 36.4. The van der Waals surface area contributed by atoms with E-state index in [4.69, 9.17) is 16.3 Å². The zero-order valence-corrected chi connectivity index (χ0v) is 22.5. The molecule has 2 aromatic carbocycles. The lowest BCUT2D eigenvalue weighted by Gasteiger charge is -2.20. The Morgan fingerprint density at radius 2 is 2.00 bits per heavy atom. The molecule has 0 aliphatic heterocycles. The van der Waals surface area contributed by atoms with Gasteiger partial charge in [-0.15, -0.1) is 5.10 Å². The molecule has 4 aromatic rings. The molecule has 2 heterocycles. The first kappa shape index (κ1) is 26.3. The van der Waals surface area contributed by atoms with Gasteiger partial charge in [0.1, 0.15) is 10.6 Å². The molecule has 2 atom stereocenters. The zero-order chi connectivity index (χ0) is 27.2. The molecule has 11 nitrogen and oxygen atoms in total. The van der Waals surface area contributed by atoms with Gasteiger partial charge in [-0.25, -0.2) is 13.1 Å². The van der Waals surface area contributed by atoms with Crippen molar-refractivity contribution in [1.29, 1.82) is 0 Å². The van der Waals surface area contributed by atoms with E-state index in [1.807, 2.05) is 24.4 Å². The van der Waals surface area contributed by atoms with Crippen molar-refractivity contribution in [3.8, 4) is 11.4 Å². The predicted octanol–water partition coefficient (Wildman–Crippen LogP) is 2.74. The first-order valence-corrected chi connectivity index (χ1v) is 13.6. The number of methoxy groups -OCH3 is 1. The minimum absolute atomic E-state index is 0.0204. The Bertz CT molecular complexity index is 1580. The lowest BCUT2D eigenvalue weighted by Crippen LogP contribution is -2.27. The number of benzene rings is 2. The minimum Gasteiger partial charge on any atom is -0.495 e. The van der Waals surface area contributed by atoms with E-state index in [9.17, 15) is 18.6 Å². The molecule has 0 saturated heterocycles. The molecule has 13 heteroatoms. The molecule has 38 heavy (non-hydrogen) atoms. The summed E-state index contributed by atoms with van der Waals surface area (Å²) in [6, 6.07) is 11.7. The second-order valence-corrected chi connectivity index (χ2v) is 11.7. The Labute approximate surface area is 224 Å². The molecule has 0 unspecified atom stereocenters. The quantitative estimate of drug-likeness (QED) is 0.299. The molecule has 2 aromatic heterocycles. The highest BCUT2D eigenvalue weighted by atomic mass is 35.5. The molecule has 5 rings (SSSR count). The van der Waals surface area contributed by atoms with Gasteiger partial charge in [-0.2, -0.15) is 9.40 Å². The maximum absolute atomic E-state index is 13.3. The van der Waals surface area contributed by atoms with Gasteiger partial charge in [0.15, 0.2) is 6.29 Å². The van der Waals surface area contributed by atoms with Crippen LogP contribution in [-0.2, 0) is 23.6 Å². The lowest BCUT2D eigenvalue weighted by molar-refractivity contribution is -0.0431. The maximum atomic E-state index is 13.3. The Kier molecular flexibility index (Phi) is 7.01. The number of nitrogens with zero attached hydrogens (tertiary/aromatic N) is 6. The van der Waals surface area contributed by atoms with Crippen molar-refractivity contribution in [2.45, 2.75) is 36.0 Å². The first-order valence-electron chi connectivity index (χ1n) is 11.8. The SMILES string of the molecule is COc1ccc(Cl)cc1S(=O)(=O)N(C)Cc1cccc(-n2ncc(C(O)O)c2[C@@H]2C[C@H]2c2cn(C)nn2)c1. The van der Waals surface area contributed by atoms with E-state index in [1.165, 1.54) is 36.8 Å². The fourth-order valence-corrected chi connectivity index (χ4v) is 6.23. The van der Waals surface area contributed by atoms with Crippen LogP contribution in [0, 0.1) is 0 Å². The Balaban J connectivity index is 1.44. The van der Waals surface area contributed by atoms with Gasteiger partial charge in [0.25, 0.3) is 0 Å². The molecular formula is C25H27ClN6O5S. The van der Waals surface area contributed by atoms with Gasteiger partial charge in [0, 0.05) is 49.3 Å². The fourth-order valence-electron chi connectivity index (χ4n) is 4.65. The van der Waals surface area contributed by atoms with Gasteiger partial charge in [-0.1, -0.05) is 28.9 Å². The minimum atomic E-state index is -3.91. The molecule has 0 amide bonds. The topological polar surface area (TPSA) is 136 Å². The Morgan fingerprint density at radius 3 is 2.68 bits per heavy atom. The van der Waals surface area contributed by atoms with Crippen molar-refractivity contribution in [1.82, 2.24) is 29.1 Å². The Morgan fingerprint density at radius 1 is 1.21 bits per heavy atom. The zero-order valence-electron chi connectivity index (χ0n) is 20.9. The van der Waals surface area contributed by atoms with E-state index in [2.05, 4.69) is 15.4 Å². The van der Waals surface area contributed by atoms with Crippen LogP contribution in [0.25, 0.3) is 5.69 Å². The molecule has 200 valence electrons. The smallest absolute Gasteiger partial charge is 0.246 e. The average molecular weight is 559 g/mol. The molecule has 0 spiro atoms. The van der Waals surface area contributed by atoms with Crippen molar-refractivity contribution >= 4 is 21.6 Å². The summed E-state index contributed by atoms with van der Waals surface area (Å²) in [6.07, 6.45) is 2.38. The van der Waals surface area contributed by atoms with Crippen LogP contribution in [0.3, 0.4) is 0 Å². The van der Waals surface area contributed by atoms with Gasteiger partial charge >= 0.3 is 0 Å². The summed E-state index contributed by atoms with van der Waals surface area (Å²) in [7, 11) is 0.770. The van der Waals surface area contributed by atoms with Gasteiger partial charge in [0.2, 0.25) is 10.0 Å². The van der Waals surface area contributed by atoms with Gasteiger partial charge in [0.05, 0.1) is 30.4 Å². The van der Waals surface area contributed by atoms with Crippen LogP contribution < -0.4 is 4.74 Å². The van der Waals surface area contributed by atoms with E-state index in [0.717, 1.165) is 12.1 Å². The number of halogens is 1. The van der Waals surface area contributed by atoms with Gasteiger partial charge in [-0.05, 0) is 42.3 Å². The molecule has 1 aliphatic rings. The molecule has 2 N–H and O–H groups in total. The standard InChI is InChI=1S/C25H27ClN6O5S/c1-30-14-21(28-29-30)18-11-19(18)24-20(25(33)34)12-27-32(24)17-6-4-5-15(9-17)13-31(2)38(35,36)23-10-16(26)7-8-22(23)37-3/h4-10,12,14,18-19,25,33-34H,11,13H2,1-3H3/t18-,19-/m1/s1. The van der Waals surface area contributed by atoms with Crippen LogP contribution in [-0.4, -0.2) is 61.9 Å². The van der Waals surface area contributed by atoms with Crippen LogP contribution in [0.15, 0.2) is 59.8 Å². The van der Waals surface area contributed by atoms with E-state index >= 15 is 0 Å². The maximum Gasteiger partial charge on any atom is 0.246 e. The summed E-state index contributed by atoms with van der Waals surface area (Å²) in [5.41, 5.74) is 3.21. The summed E-state index contributed by atoms with van der Waals surface area (Å²) in [4.78, 5) is -0.0223. The number of aliphatic hydroxyl groups is 2. The molecule has 1 aliphatic carbocycles. The highest BCUT2D eigenvalue weighted by Gasteiger charge is 2.45. The number of sulfonamides is 1. The third-order valence-electron chi connectivity index (χ3n) is 6.63. The van der Waals surface area contributed by atoms with Crippen molar-refractivity contribution in [2.24, 2.45) is 7.05 Å². The summed E-state index contributed by atoms with van der Waals surface area (Å²) >= 11 is 6.06. The number of aromatic nitrogens is 5. The van der Waals surface area contributed by atoms with Crippen molar-refractivity contribution in [3.63, 3.8) is 0 Å². The number of aliphatic hydroxyl groups excluding tert-OH is 1. The van der Waals surface area contributed by atoms with E-state index in [1.54, 1.807) is 28.5 Å². The summed E-state index contributed by atoms with van der Waals surface area (Å²) in [5.74, 6) is 0.269. The highest BCUT2D eigenvalue weighted by molar-refractivity contribution is 7.89. The third-order valence-corrected chi connectivity index (χ3v) is 8.69. The van der Waals surface area contributed by atoms with Crippen LogP contribution >= 0.6 is 11.6 Å². The number of ether oxygens (including phenoxy) is 1. The molecule has 0 radical (unpaired) electrons. The first-order chi connectivity index (χ1) is 18.1. The summed E-state index contributed by atoms with van der Waals surface area (Å²) in [5, 5.41) is 33.0. The van der Waals surface area contributed by atoms with Crippen LogP contribution in [0.2, 0.25) is 5.02 Å². The van der Waals surface area contributed by atoms with Crippen LogP contribution in [0.4, 0.5) is 0 Å². The molecule has 1 saturated carbocycles. The second-order valence-electron chi connectivity index (χ2n) is 9.26. The summed E-state index contributed by atoms with van der Waals surface area (Å²) in [6.45, 7) is 0.0730. The molecule has 1 fully saturated rings. The van der Waals surface area contributed by atoms with Gasteiger partial charge < -0.3 is 14.9 Å². The van der Waals surface area contributed by atoms with Crippen molar-refractivity contribution in [3.05, 3.63) is 82.4 Å². The van der Waals surface area contributed by atoms with E-state index < -0.39 is 16.3 Å². The van der Waals surface area contributed by atoms with Crippen molar-refractivity contribution in [2.75, 3.05) is 14.2 Å². The van der Waals surface area contributed by atoms with Gasteiger partial charge in [-0.3, -0.25) is 4.68 Å². The predicted molar refractivity (Wildman–Crippen MR) is 139 cm³/mol. The van der Waals surface area contributed by atoms with E-state index in [-0.39, 0.29) is 34.0 Å².